The summed E-state index contributed by atoms with van der Waals surface area (Å²) >= 11 is 0. The minimum Gasteiger partial charge on any atom is -0.434 e. The molecule has 2 rings (SSSR count). The molecule has 0 aliphatic heterocycles. The van der Waals surface area contributed by atoms with Gasteiger partial charge in [0.2, 0.25) is 5.91 Å². The third-order valence-electron chi connectivity index (χ3n) is 3.75. The summed E-state index contributed by atoms with van der Waals surface area (Å²) < 4.78 is 29.8. The molecule has 134 valence electrons. The van der Waals surface area contributed by atoms with E-state index in [-0.39, 0.29) is 17.7 Å². The number of carbonyl (C=O) groups excluding carboxylic acids is 1. The molecule has 0 aliphatic rings. The van der Waals surface area contributed by atoms with Crippen LogP contribution in [0.5, 0.6) is 5.75 Å². The highest BCUT2D eigenvalue weighted by Crippen LogP contribution is 2.28. The Morgan fingerprint density at radius 3 is 2.40 bits per heavy atom. The first-order chi connectivity index (χ1) is 12.0. The number of anilines is 1. The second-order valence-electron chi connectivity index (χ2n) is 5.64. The average molecular weight is 348 g/mol. The number of nitrogens with one attached hydrogen (secondary N) is 2. The lowest BCUT2D eigenvalue weighted by Crippen LogP contribution is -2.21. The molecular weight excluding hydrogens is 326 g/mol. The zero-order valence-corrected chi connectivity index (χ0v) is 14.3. The highest BCUT2D eigenvalue weighted by Gasteiger charge is 2.16. The van der Waals surface area contributed by atoms with Crippen molar-refractivity contribution in [3.05, 3.63) is 59.7 Å². The Hall–Kier alpha value is -2.47. The molecule has 1 atom stereocenters. The van der Waals surface area contributed by atoms with Crippen LogP contribution >= 0.6 is 0 Å². The van der Waals surface area contributed by atoms with Crippen LogP contribution in [0, 0.1) is 0 Å². The highest BCUT2D eigenvalue weighted by atomic mass is 19.3. The van der Waals surface area contributed by atoms with E-state index in [0.29, 0.717) is 12.1 Å². The number of rotatable bonds is 8. The minimum absolute atomic E-state index is 0.107. The summed E-state index contributed by atoms with van der Waals surface area (Å²) in [5.41, 5.74) is 2.47. The van der Waals surface area contributed by atoms with Crippen LogP contribution in [-0.2, 0) is 11.3 Å². The van der Waals surface area contributed by atoms with Gasteiger partial charge in [-0.2, -0.15) is 8.78 Å². The monoisotopic (exact) mass is 348 g/mol. The zero-order chi connectivity index (χ0) is 18.2. The number of carbonyl (C=O) groups is 1. The molecule has 0 saturated heterocycles. The van der Waals surface area contributed by atoms with E-state index in [0.717, 1.165) is 17.7 Å². The van der Waals surface area contributed by atoms with Crippen LogP contribution in [0.25, 0.3) is 0 Å². The maximum Gasteiger partial charge on any atom is 0.387 e. The van der Waals surface area contributed by atoms with Crippen molar-refractivity contribution in [3.63, 3.8) is 0 Å². The van der Waals surface area contributed by atoms with Gasteiger partial charge in [0.15, 0.2) is 0 Å². The van der Waals surface area contributed by atoms with Gasteiger partial charge in [-0.05, 0) is 30.2 Å². The smallest absolute Gasteiger partial charge is 0.387 e. The summed E-state index contributed by atoms with van der Waals surface area (Å²) in [4.78, 5) is 11.0. The van der Waals surface area contributed by atoms with Crippen molar-refractivity contribution in [1.82, 2.24) is 5.32 Å². The number of alkyl halides is 2. The maximum atomic E-state index is 12.6. The zero-order valence-electron chi connectivity index (χ0n) is 14.3. The molecule has 2 aromatic carbocycles. The lowest BCUT2D eigenvalue weighted by atomic mass is 10.0. The summed E-state index contributed by atoms with van der Waals surface area (Å²) in [7, 11) is 0. The van der Waals surface area contributed by atoms with E-state index < -0.39 is 6.61 Å². The van der Waals surface area contributed by atoms with E-state index in [2.05, 4.69) is 15.4 Å². The molecule has 0 fully saturated rings. The average Bonchev–Trinajstić information content (AvgIpc) is 2.57. The fraction of sp³-hybridized carbons (Fsp3) is 0.316. The van der Waals surface area contributed by atoms with E-state index in [1.54, 1.807) is 24.3 Å². The Morgan fingerprint density at radius 2 is 1.80 bits per heavy atom. The third kappa shape index (κ3) is 5.83. The van der Waals surface area contributed by atoms with Crippen LogP contribution in [-0.4, -0.2) is 12.5 Å². The molecule has 0 heterocycles. The van der Waals surface area contributed by atoms with Gasteiger partial charge in [0, 0.05) is 30.8 Å². The van der Waals surface area contributed by atoms with Crippen molar-refractivity contribution >= 4 is 11.6 Å². The number of hydrogen-bond acceptors (Lipinski definition) is 3. The molecule has 0 spiro atoms. The molecule has 0 aliphatic carbocycles. The van der Waals surface area contributed by atoms with Crippen molar-refractivity contribution in [2.45, 2.75) is 39.5 Å². The molecule has 2 aromatic rings. The molecular formula is C19H22F2N2O2. The Kier molecular flexibility index (Phi) is 6.89. The molecule has 0 radical (unpaired) electrons. The molecule has 25 heavy (non-hydrogen) atoms. The van der Waals surface area contributed by atoms with Gasteiger partial charge in [-0.3, -0.25) is 4.79 Å². The number of hydrogen-bond donors (Lipinski definition) is 2. The van der Waals surface area contributed by atoms with Gasteiger partial charge in [-0.25, -0.2) is 0 Å². The van der Waals surface area contributed by atoms with E-state index in [4.69, 9.17) is 0 Å². The molecule has 0 bridgehead atoms. The lowest BCUT2D eigenvalue weighted by Gasteiger charge is -2.20. The molecule has 1 unspecified atom stereocenters. The molecule has 4 nitrogen and oxygen atoms in total. The second-order valence-corrected chi connectivity index (χ2v) is 5.64. The van der Waals surface area contributed by atoms with Gasteiger partial charge >= 0.3 is 6.61 Å². The normalized spacial score (nSPS) is 12.0. The quantitative estimate of drug-likeness (QED) is 0.739. The Bertz CT molecular complexity index is 690. The van der Waals surface area contributed by atoms with E-state index in [9.17, 15) is 13.6 Å². The van der Waals surface area contributed by atoms with Gasteiger partial charge in [0.05, 0.1) is 0 Å². The van der Waals surface area contributed by atoms with Gasteiger partial charge in [-0.15, -0.1) is 0 Å². The predicted molar refractivity (Wildman–Crippen MR) is 93.7 cm³/mol. The van der Waals surface area contributed by atoms with Crippen LogP contribution in [0.2, 0.25) is 0 Å². The SMILES string of the molecule is CCC(NCc1ccc(NC(C)=O)cc1)c1ccccc1OC(F)F. The van der Waals surface area contributed by atoms with Crippen LogP contribution in [0.3, 0.4) is 0 Å². The maximum absolute atomic E-state index is 12.6. The van der Waals surface area contributed by atoms with Crippen LogP contribution in [0.1, 0.15) is 37.4 Å². The number of halogens is 2. The Labute approximate surface area is 146 Å². The first kappa shape index (κ1) is 18.9. The largest absolute Gasteiger partial charge is 0.434 e. The fourth-order valence-electron chi connectivity index (χ4n) is 2.60. The van der Waals surface area contributed by atoms with Crippen molar-refractivity contribution in [3.8, 4) is 5.75 Å². The molecule has 0 aromatic heterocycles. The number of benzene rings is 2. The van der Waals surface area contributed by atoms with Gasteiger partial charge < -0.3 is 15.4 Å². The summed E-state index contributed by atoms with van der Waals surface area (Å²) in [6.45, 7) is 1.17. The minimum atomic E-state index is -2.85. The molecule has 6 heteroatoms. The van der Waals surface area contributed by atoms with Gasteiger partial charge in [0.1, 0.15) is 5.75 Å². The summed E-state index contributed by atoms with van der Waals surface area (Å²) in [5.74, 6) is 0.0745. The molecule has 2 N–H and O–H groups in total. The van der Waals surface area contributed by atoms with Crippen molar-refractivity contribution in [1.29, 1.82) is 0 Å². The summed E-state index contributed by atoms with van der Waals surface area (Å²) in [5, 5.41) is 6.08. The lowest BCUT2D eigenvalue weighted by molar-refractivity contribution is -0.114. The number of ether oxygens (including phenoxy) is 1. The van der Waals surface area contributed by atoms with Crippen molar-refractivity contribution < 1.29 is 18.3 Å². The van der Waals surface area contributed by atoms with Crippen LogP contribution < -0.4 is 15.4 Å². The topological polar surface area (TPSA) is 50.4 Å². The highest BCUT2D eigenvalue weighted by molar-refractivity contribution is 5.88. The Morgan fingerprint density at radius 1 is 1.12 bits per heavy atom. The van der Waals surface area contributed by atoms with Crippen LogP contribution in [0.4, 0.5) is 14.5 Å². The van der Waals surface area contributed by atoms with Crippen molar-refractivity contribution in [2.24, 2.45) is 0 Å². The second kappa shape index (κ2) is 9.13. The number of para-hydroxylation sites is 1. The van der Waals surface area contributed by atoms with E-state index in [1.807, 2.05) is 31.2 Å². The van der Waals surface area contributed by atoms with Gasteiger partial charge in [-0.1, -0.05) is 37.3 Å². The fourth-order valence-corrected chi connectivity index (χ4v) is 2.60. The first-order valence-electron chi connectivity index (χ1n) is 8.13. The third-order valence-corrected chi connectivity index (χ3v) is 3.75. The van der Waals surface area contributed by atoms with E-state index >= 15 is 0 Å². The summed E-state index contributed by atoms with van der Waals surface area (Å²) in [6.07, 6.45) is 0.730. The standard InChI is InChI=1S/C19H22F2N2O2/c1-3-17(16-6-4-5-7-18(16)25-19(20)21)22-12-14-8-10-15(11-9-14)23-13(2)24/h4-11,17,19,22H,3,12H2,1-2H3,(H,23,24). The van der Waals surface area contributed by atoms with E-state index in [1.165, 1.54) is 6.92 Å². The predicted octanol–water partition coefficient (Wildman–Crippen LogP) is 4.49. The Balaban J connectivity index is 2.04. The first-order valence-corrected chi connectivity index (χ1v) is 8.13. The molecule has 0 saturated carbocycles. The molecule has 1 amide bonds. The van der Waals surface area contributed by atoms with Crippen molar-refractivity contribution in [2.75, 3.05) is 5.32 Å². The number of amides is 1. The summed E-state index contributed by atoms with van der Waals surface area (Å²) in [6, 6.07) is 14.2. The van der Waals surface area contributed by atoms with Crippen LogP contribution in [0.15, 0.2) is 48.5 Å². The van der Waals surface area contributed by atoms with Gasteiger partial charge in [0.25, 0.3) is 0 Å².